The van der Waals surface area contributed by atoms with Crippen molar-refractivity contribution in [1.29, 1.82) is 0 Å². The molecule has 3 heteroatoms. The minimum Gasteiger partial charge on any atom is -0.303 e. The Bertz CT molecular complexity index is 410. The van der Waals surface area contributed by atoms with Gasteiger partial charge in [-0.15, -0.1) is 12.4 Å². The molecule has 1 fully saturated rings. The number of halogens is 1. The molecule has 0 saturated carbocycles. The third-order valence-corrected chi connectivity index (χ3v) is 4.08. The fourth-order valence-corrected chi connectivity index (χ4v) is 2.80. The Kier molecular flexibility index (Phi) is 7.25. The number of nitrogens with zero attached hydrogens (tertiary/aromatic N) is 1. The number of carbonyl (C=O) groups excluding carboxylic acids is 1. The normalized spacial score (nSPS) is 17.3. The maximum Gasteiger partial charge on any atom is 0.166 e. The smallest absolute Gasteiger partial charge is 0.166 e. The van der Waals surface area contributed by atoms with Gasteiger partial charge in [-0.3, -0.25) is 4.79 Å². The van der Waals surface area contributed by atoms with Crippen molar-refractivity contribution in [2.24, 2.45) is 5.92 Å². The minimum absolute atomic E-state index is 0. The van der Waals surface area contributed by atoms with Crippen molar-refractivity contribution in [2.45, 2.75) is 39.5 Å². The molecular weight excluding hydrogens is 270 g/mol. The fraction of sp³-hybridized carbons (Fsp3) is 0.588. The molecule has 0 amide bonds. The van der Waals surface area contributed by atoms with Crippen LogP contribution in [0.1, 0.15) is 49.0 Å². The minimum atomic E-state index is 0. The van der Waals surface area contributed by atoms with Gasteiger partial charge in [-0.05, 0) is 37.9 Å². The predicted molar refractivity (Wildman–Crippen MR) is 86.9 cm³/mol. The average molecular weight is 296 g/mol. The van der Waals surface area contributed by atoms with Crippen molar-refractivity contribution >= 4 is 18.2 Å². The summed E-state index contributed by atoms with van der Waals surface area (Å²) in [6.07, 6.45) is 4.94. The van der Waals surface area contributed by atoms with Crippen molar-refractivity contribution in [3.63, 3.8) is 0 Å². The van der Waals surface area contributed by atoms with Crippen LogP contribution >= 0.6 is 12.4 Å². The van der Waals surface area contributed by atoms with Crippen LogP contribution in [0.3, 0.4) is 0 Å². The van der Waals surface area contributed by atoms with Gasteiger partial charge in [0, 0.05) is 18.0 Å². The Hall–Kier alpha value is -0.860. The van der Waals surface area contributed by atoms with Gasteiger partial charge in [-0.25, -0.2) is 0 Å². The van der Waals surface area contributed by atoms with E-state index in [0.717, 1.165) is 31.6 Å². The molecule has 0 bridgehead atoms. The van der Waals surface area contributed by atoms with E-state index in [1.807, 2.05) is 12.1 Å². The van der Waals surface area contributed by atoms with E-state index >= 15 is 0 Å². The Balaban J connectivity index is 0.00000200. The standard InChI is InChI=1S/C17H25NO.ClH/c1-3-15-7-9-16(10-8-15)17(19)14(2)13-18-11-5-4-6-12-18;/h7-10,14H,3-6,11-13H2,1-2H3;1H. The number of carbonyl (C=O) groups is 1. The van der Waals surface area contributed by atoms with E-state index in [2.05, 4.69) is 30.9 Å². The molecule has 2 rings (SSSR count). The first-order valence-electron chi connectivity index (χ1n) is 7.56. The van der Waals surface area contributed by atoms with Gasteiger partial charge >= 0.3 is 0 Å². The third kappa shape index (κ3) is 4.60. The van der Waals surface area contributed by atoms with E-state index < -0.39 is 0 Å². The lowest BCUT2D eigenvalue weighted by Crippen LogP contribution is -2.35. The second kappa shape index (κ2) is 8.43. The molecule has 0 N–H and O–H groups in total. The second-order valence-electron chi connectivity index (χ2n) is 5.68. The zero-order valence-corrected chi connectivity index (χ0v) is 13.4. The van der Waals surface area contributed by atoms with Crippen LogP contribution in [-0.4, -0.2) is 30.3 Å². The van der Waals surface area contributed by atoms with Gasteiger partial charge in [0.15, 0.2) is 5.78 Å². The maximum absolute atomic E-state index is 12.4. The summed E-state index contributed by atoms with van der Waals surface area (Å²) in [7, 11) is 0. The summed E-state index contributed by atoms with van der Waals surface area (Å²) in [4.78, 5) is 14.8. The van der Waals surface area contributed by atoms with Gasteiger partial charge in [-0.2, -0.15) is 0 Å². The van der Waals surface area contributed by atoms with E-state index in [4.69, 9.17) is 0 Å². The molecule has 0 spiro atoms. The number of Topliss-reactive ketones (excluding diaryl/α,β-unsaturated/α-hetero) is 1. The number of likely N-dealkylation sites (tertiary alicyclic amines) is 1. The third-order valence-electron chi connectivity index (χ3n) is 4.08. The van der Waals surface area contributed by atoms with Gasteiger partial charge < -0.3 is 4.90 Å². The lowest BCUT2D eigenvalue weighted by molar-refractivity contribution is 0.0883. The van der Waals surface area contributed by atoms with E-state index in [1.165, 1.54) is 24.8 Å². The van der Waals surface area contributed by atoms with Crippen LogP contribution < -0.4 is 0 Å². The molecule has 112 valence electrons. The van der Waals surface area contributed by atoms with Crippen molar-refractivity contribution in [3.05, 3.63) is 35.4 Å². The number of hydrogen-bond donors (Lipinski definition) is 0. The number of benzene rings is 1. The number of ketones is 1. The molecule has 1 aromatic rings. The van der Waals surface area contributed by atoms with Gasteiger partial charge in [0.05, 0.1) is 0 Å². The summed E-state index contributed by atoms with van der Waals surface area (Å²) in [6.45, 7) is 7.42. The first-order chi connectivity index (χ1) is 9.20. The van der Waals surface area contributed by atoms with Crippen LogP contribution in [0.5, 0.6) is 0 Å². The summed E-state index contributed by atoms with van der Waals surface area (Å²) in [5.74, 6) is 0.388. The molecule has 0 aromatic heterocycles. The summed E-state index contributed by atoms with van der Waals surface area (Å²) < 4.78 is 0. The van der Waals surface area contributed by atoms with Crippen molar-refractivity contribution < 1.29 is 4.79 Å². The lowest BCUT2D eigenvalue weighted by Gasteiger charge is -2.28. The fourth-order valence-electron chi connectivity index (χ4n) is 2.80. The van der Waals surface area contributed by atoms with Crippen LogP contribution in [0.2, 0.25) is 0 Å². The largest absolute Gasteiger partial charge is 0.303 e. The Morgan fingerprint density at radius 1 is 1.15 bits per heavy atom. The average Bonchev–Trinajstić information content (AvgIpc) is 2.47. The van der Waals surface area contributed by atoms with Gasteiger partial charge in [-0.1, -0.05) is 44.5 Å². The Morgan fingerprint density at radius 3 is 2.30 bits per heavy atom. The quantitative estimate of drug-likeness (QED) is 0.766. The molecule has 1 unspecified atom stereocenters. The summed E-state index contributed by atoms with van der Waals surface area (Å²) in [5.41, 5.74) is 2.15. The SMILES string of the molecule is CCc1ccc(C(=O)C(C)CN2CCCCC2)cc1.Cl. The van der Waals surface area contributed by atoms with Crippen LogP contribution in [0.15, 0.2) is 24.3 Å². The highest BCUT2D eigenvalue weighted by Crippen LogP contribution is 2.15. The van der Waals surface area contributed by atoms with E-state index in [0.29, 0.717) is 0 Å². The molecule has 1 aliphatic heterocycles. The van der Waals surface area contributed by atoms with Gasteiger partial charge in [0.2, 0.25) is 0 Å². The van der Waals surface area contributed by atoms with E-state index in [-0.39, 0.29) is 24.1 Å². The van der Waals surface area contributed by atoms with Crippen molar-refractivity contribution in [1.82, 2.24) is 4.90 Å². The number of hydrogen-bond acceptors (Lipinski definition) is 2. The predicted octanol–water partition coefficient (Wildman–Crippen LogP) is 3.98. The van der Waals surface area contributed by atoms with Crippen LogP contribution in [0, 0.1) is 5.92 Å². The molecule has 1 heterocycles. The highest BCUT2D eigenvalue weighted by Gasteiger charge is 2.19. The topological polar surface area (TPSA) is 20.3 Å². The van der Waals surface area contributed by atoms with E-state index in [1.54, 1.807) is 0 Å². The lowest BCUT2D eigenvalue weighted by atomic mass is 9.97. The van der Waals surface area contributed by atoms with Gasteiger partial charge in [0.25, 0.3) is 0 Å². The highest BCUT2D eigenvalue weighted by molar-refractivity contribution is 5.97. The first kappa shape index (κ1) is 17.2. The van der Waals surface area contributed by atoms with E-state index in [9.17, 15) is 4.79 Å². The summed E-state index contributed by atoms with van der Waals surface area (Å²) >= 11 is 0. The molecule has 20 heavy (non-hydrogen) atoms. The second-order valence-corrected chi connectivity index (χ2v) is 5.68. The maximum atomic E-state index is 12.4. The molecule has 0 aliphatic carbocycles. The molecule has 2 nitrogen and oxygen atoms in total. The molecule has 1 aliphatic rings. The first-order valence-corrected chi connectivity index (χ1v) is 7.56. The Labute approximate surface area is 129 Å². The molecule has 1 aromatic carbocycles. The number of piperidine rings is 1. The number of aryl methyl sites for hydroxylation is 1. The zero-order chi connectivity index (χ0) is 13.7. The Morgan fingerprint density at radius 2 is 1.75 bits per heavy atom. The molecule has 1 atom stereocenters. The summed E-state index contributed by atoms with van der Waals surface area (Å²) in [5, 5.41) is 0. The molecular formula is C17H26ClNO. The van der Waals surface area contributed by atoms with Crippen LogP contribution in [0.25, 0.3) is 0 Å². The highest BCUT2D eigenvalue weighted by atomic mass is 35.5. The number of rotatable bonds is 5. The van der Waals surface area contributed by atoms with Crippen LogP contribution in [0.4, 0.5) is 0 Å². The van der Waals surface area contributed by atoms with Crippen molar-refractivity contribution in [3.8, 4) is 0 Å². The zero-order valence-electron chi connectivity index (χ0n) is 12.6. The molecule has 0 radical (unpaired) electrons. The van der Waals surface area contributed by atoms with Gasteiger partial charge in [0.1, 0.15) is 0 Å². The monoisotopic (exact) mass is 295 g/mol. The molecule has 1 saturated heterocycles. The van der Waals surface area contributed by atoms with Crippen molar-refractivity contribution in [2.75, 3.05) is 19.6 Å². The summed E-state index contributed by atoms with van der Waals surface area (Å²) in [6, 6.07) is 8.10. The van der Waals surface area contributed by atoms with Crippen LogP contribution in [-0.2, 0) is 6.42 Å².